The Morgan fingerprint density at radius 3 is 2.47 bits per heavy atom. The highest BCUT2D eigenvalue weighted by atomic mass is 16.5. The molecule has 0 aromatic rings. The zero-order chi connectivity index (χ0) is 12.0. The monoisotopic (exact) mass is 239 g/mol. The standard InChI is InChI=1S/C12H17NO4/c14-10(12(11(15)16)4-1-5-12)13-8-6-7-2-3-9(8)17-7/h7-9H,1-6H2,(H,13,14)(H,15,16). The molecule has 2 N–H and O–H groups in total. The summed E-state index contributed by atoms with van der Waals surface area (Å²) in [6.45, 7) is 0. The molecule has 3 rings (SSSR count). The van der Waals surface area contributed by atoms with Crippen LogP contribution >= 0.6 is 0 Å². The average Bonchev–Trinajstić information content (AvgIpc) is 2.75. The minimum absolute atomic E-state index is 0.0260. The van der Waals surface area contributed by atoms with Crippen molar-refractivity contribution in [2.45, 2.75) is 56.8 Å². The molecule has 2 saturated heterocycles. The van der Waals surface area contributed by atoms with Crippen LogP contribution in [0.3, 0.4) is 0 Å². The van der Waals surface area contributed by atoms with E-state index in [1.54, 1.807) is 0 Å². The van der Waals surface area contributed by atoms with Crippen molar-refractivity contribution in [2.24, 2.45) is 5.41 Å². The lowest BCUT2D eigenvalue weighted by atomic mass is 9.68. The summed E-state index contributed by atoms with van der Waals surface area (Å²) in [5.41, 5.74) is -1.15. The van der Waals surface area contributed by atoms with Crippen LogP contribution in [0.1, 0.15) is 38.5 Å². The van der Waals surface area contributed by atoms with Crippen molar-refractivity contribution in [3.63, 3.8) is 0 Å². The van der Waals surface area contributed by atoms with Gasteiger partial charge in [0.1, 0.15) is 5.41 Å². The van der Waals surface area contributed by atoms with Crippen molar-refractivity contribution in [3.05, 3.63) is 0 Å². The SMILES string of the molecule is O=C(O)C1(C(=O)NC2CC3CCC2O3)CCC1. The smallest absolute Gasteiger partial charge is 0.319 e. The first-order chi connectivity index (χ1) is 8.12. The Bertz CT molecular complexity index is 364. The second-order valence-electron chi connectivity index (χ2n) is 5.43. The number of rotatable bonds is 3. The number of nitrogens with one attached hydrogen (secondary N) is 1. The molecule has 2 heterocycles. The Morgan fingerprint density at radius 1 is 1.29 bits per heavy atom. The summed E-state index contributed by atoms with van der Waals surface area (Å²) < 4.78 is 5.65. The third-order valence-electron chi connectivity index (χ3n) is 4.47. The average molecular weight is 239 g/mol. The number of aliphatic carboxylic acids is 1. The number of carbonyl (C=O) groups is 2. The maximum Gasteiger partial charge on any atom is 0.319 e. The van der Waals surface area contributed by atoms with Gasteiger partial charge < -0.3 is 15.2 Å². The van der Waals surface area contributed by atoms with Crippen LogP contribution in [-0.4, -0.2) is 35.2 Å². The third kappa shape index (κ3) is 1.56. The van der Waals surface area contributed by atoms with Gasteiger partial charge in [-0.15, -0.1) is 0 Å². The fourth-order valence-corrected chi connectivity index (χ4v) is 3.16. The fourth-order valence-electron chi connectivity index (χ4n) is 3.16. The first kappa shape index (κ1) is 11.0. The van der Waals surface area contributed by atoms with Gasteiger partial charge in [0.25, 0.3) is 0 Å². The molecule has 3 fully saturated rings. The summed E-state index contributed by atoms with van der Waals surface area (Å²) in [4.78, 5) is 23.3. The fraction of sp³-hybridized carbons (Fsp3) is 0.833. The molecular weight excluding hydrogens is 222 g/mol. The van der Waals surface area contributed by atoms with Crippen LogP contribution in [0.5, 0.6) is 0 Å². The molecule has 0 spiro atoms. The molecular formula is C12H17NO4. The summed E-state index contributed by atoms with van der Waals surface area (Å²) in [6.07, 6.45) is 5.03. The molecule has 3 unspecified atom stereocenters. The van der Waals surface area contributed by atoms with Crippen LogP contribution in [0.25, 0.3) is 0 Å². The van der Waals surface area contributed by atoms with Gasteiger partial charge in [-0.3, -0.25) is 9.59 Å². The minimum atomic E-state index is -1.15. The molecule has 17 heavy (non-hydrogen) atoms. The molecule has 1 amide bonds. The molecule has 5 heteroatoms. The van der Waals surface area contributed by atoms with Gasteiger partial charge in [0.15, 0.2) is 0 Å². The van der Waals surface area contributed by atoms with E-state index in [1.165, 1.54) is 0 Å². The largest absolute Gasteiger partial charge is 0.480 e. The van der Waals surface area contributed by atoms with E-state index < -0.39 is 11.4 Å². The summed E-state index contributed by atoms with van der Waals surface area (Å²) in [7, 11) is 0. The number of carboxylic acid groups (broad SMARTS) is 1. The second kappa shape index (κ2) is 3.70. The summed E-state index contributed by atoms with van der Waals surface area (Å²) in [5, 5.41) is 12.1. The van der Waals surface area contributed by atoms with Gasteiger partial charge in [-0.05, 0) is 32.1 Å². The van der Waals surface area contributed by atoms with Crippen LogP contribution in [0.4, 0.5) is 0 Å². The van der Waals surface area contributed by atoms with Crippen LogP contribution in [0.2, 0.25) is 0 Å². The maximum absolute atomic E-state index is 12.1. The number of fused-ring (bicyclic) bond motifs is 2. The van der Waals surface area contributed by atoms with Crippen molar-refractivity contribution in [2.75, 3.05) is 0 Å². The molecule has 1 saturated carbocycles. The van der Waals surface area contributed by atoms with E-state index in [2.05, 4.69) is 5.32 Å². The van der Waals surface area contributed by atoms with Crippen molar-refractivity contribution >= 4 is 11.9 Å². The Morgan fingerprint density at radius 2 is 2.06 bits per heavy atom. The zero-order valence-electron chi connectivity index (χ0n) is 9.65. The Labute approximate surface area is 99.5 Å². The highest BCUT2D eigenvalue weighted by molar-refractivity contribution is 6.03. The number of ether oxygens (including phenoxy) is 1. The first-order valence-electron chi connectivity index (χ1n) is 6.32. The predicted molar refractivity (Wildman–Crippen MR) is 58.4 cm³/mol. The summed E-state index contributed by atoms with van der Waals surface area (Å²) in [5.74, 6) is -1.29. The van der Waals surface area contributed by atoms with Crippen molar-refractivity contribution < 1.29 is 19.4 Å². The number of hydrogen-bond donors (Lipinski definition) is 2. The van der Waals surface area contributed by atoms with E-state index in [0.717, 1.165) is 25.7 Å². The number of amides is 1. The predicted octanol–water partition coefficient (Wildman–Crippen LogP) is 0.677. The highest BCUT2D eigenvalue weighted by Crippen LogP contribution is 2.42. The van der Waals surface area contributed by atoms with Crippen LogP contribution in [-0.2, 0) is 14.3 Å². The van der Waals surface area contributed by atoms with E-state index in [4.69, 9.17) is 9.84 Å². The maximum atomic E-state index is 12.1. The van der Waals surface area contributed by atoms with Crippen LogP contribution in [0.15, 0.2) is 0 Å². The lowest BCUT2D eigenvalue weighted by Gasteiger charge is -2.37. The van der Waals surface area contributed by atoms with Gasteiger partial charge in [0, 0.05) is 0 Å². The molecule has 2 aliphatic heterocycles. The van der Waals surface area contributed by atoms with Gasteiger partial charge >= 0.3 is 5.97 Å². The van der Waals surface area contributed by atoms with Gasteiger partial charge in [-0.2, -0.15) is 0 Å². The van der Waals surface area contributed by atoms with E-state index in [-0.39, 0.29) is 24.2 Å². The van der Waals surface area contributed by atoms with E-state index in [1.807, 2.05) is 0 Å². The molecule has 0 aromatic heterocycles. The van der Waals surface area contributed by atoms with Gasteiger partial charge in [-0.25, -0.2) is 0 Å². The molecule has 3 aliphatic rings. The van der Waals surface area contributed by atoms with Crippen LogP contribution in [0, 0.1) is 5.41 Å². The lowest BCUT2D eigenvalue weighted by Crippen LogP contribution is -2.55. The van der Waals surface area contributed by atoms with Crippen LogP contribution < -0.4 is 5.32 Å². The Hall–Kier alpha value is -1.10. The lowest BCUT2D eigenvalue weighted by molar-refractivity contribution is -0.162. The third-order valence-corrected chi connectivity index (χ3v) is 4.47. The molecule has 0 radical (unpaired) electrons. The minimum Gasteiger partial charge on any atom is -0.480 e. The van der Waals surface area contributed by atoms with E-state index >= 15 is 0 Å². The molecule has 1 aliphatic carbocycles. The Kier molecular flexibility index (Phi) is 2.40. The first-order valence-corrected chi connectivity index (χ1v) is 6.32. The van der Waals surface area contributed by atoms with E-state index in [0.29, 0.717) is 12.8 Å². The molecule has 94 valence electrons. The second-order valence-corrected chi connectivity index (χ2v) is 5.43. The number of carboxylic acids is 1. The van der Waals surface area contributed by atoms with Crippen molar-refractivity contribution in [3.8, 4) is 0 Å². The number of carbonyl (C=O) groups excluding carboxylic acids is 1. The zero-order valence-corrected chi connectivity index (χ0v) is 9.65. The topological polar surface area (TPSA) is 75.6 Å². The van der Waals surface area contributed by atoms with Gasteiger partial charge in [0.2, 0.25) is 5.91 Å². The van der Waals surface area contributed by atoms with Gasteiger partial charge in [0.05, 0.1) is 18.2 Å². The molecule has 0 aromatic carbocycles. The Balaban J connectivity index is 1.65. The van der Waals surface area contributed by atoms with Crippen molar-refractivity contribution in [1.82, 2.24) is 5.32 Å². The van der Waals surface area contributed by atoms with E-state index in [9.17, 15) is 9.59 Å². The summed E-state index contributed by atoms with van der Waals surface area (Å²) >= 11 is 0. The van der Waals surface area contributed by atoms with Crippen molar-refractivity contribution in [1.29, 1.82) is 0 Å². The van der Waals surface area contributed by atoms with Gasteiger partial charge in [-0.1, -0.05) is 6.42 Å². The molecule has 3 atom stereocenters. The highest BCUT2D eigenvalue weighted by Gasteiger charge is 2.53. The molecule has 2 bridgehead atoms. The number of hydrogen-bond acceptors (Lipinski definition) is 3. The summed E-state index contributed by atoms with van der Waals surface area (Å²) in [6, 6.07) is 0.0260. The molecule has 5 nitrogen and oxygen atoms in total. The normalized spacial score (nSPS) is 37.5. The quantitative estimate of drug-likeness (QED) is 0.710.